The largest absolute Gasteiger partial charge is 0.478 e. The van der Waals surface area contributed by atoms with E-state index in [-0.39, 0.29) is 36.5 Å². The normalized spacial score (nSPS) is 9.30. The van der Waals surface area contributed by atoms with E-state index in [1.54, 1.807) is 6.92 Å². The van der Waals surface area contributed by atoms with Gasteiger partial charge in [0.2, 0.25) is 0 Å². The van der Waals surface area contributed by atoms with Crippen molar-refractivity contribution in [1.29, 1.82) is 0 Å². The summed E-state index contributed by atoms with van der Waals surface area (Å²) in [5.41, 5.74) is -0.336. The van der Waals surface area contributed by atoms with Crippen molar-refractivity contribution in [3.8, 4) is 0 Å². The third kappa shape index (κ3) is 25.5. The molecule has 30 heavy (non-hydrogen) atoms. The number of rotatable bonds is 10. The van der Waals surface area contributed by atoms with Crippen LogP contribution in [-0.2, 0) is 19.1 Å². The van der Waals surface area contributed by atoms with Gasteiger partial charge in [0.25, 0.3) is 0 Å². The van der Waals surface area contributed by atoms with Gasteiger partial charge in [-0.25, -0.2) is 14.4 Å². The third-order valence-electron chi connectivity index (χ3n) is 2.91. The molecule has 0 amide bonds. The molecule has 176 valence electrons. The lowest BCUT2D eigenvalue weighted by molar-refractivity contribution is -0.133. The molecule has 0 aromatic heterocycles. The Morgan fingerprint density at radius 2 is 1.03 bits per heavy atom. The molecule has 0 aromatic rings. The number of carbonyl (C=O) groups is 3. The van der Waals surface area contributed by atoms with Crippen LogP contribution in [0.5, 0.6) is 0 Å². The molecule has 0 aliphatic carbocycles. The van der Waals surface area contributed by atoms with E-state index in [4.69, 9.17) is 35.4 Å². The summed E-state index contributed by atoms with van der Waals surface area (Å²) in [5, 5.41) is 50.2. The number of aliphatic hydroxyl groups excluding tert-OH is 3. The SMILES string of the molecule is C=C(C)C(=O)O.C=C(C)C(=O)O.C=C(C)C(=O)O.CCOC(CO)(CO)CCCO. The summed E-state index contributed by atoms with van der Waals surface area (Å²) < 4.78 is 5.22. The Balaban J connectivity index is -0.000000161. The zero-order chi connectivity index (χ0) is 24.9. The minimum Gasteiger partial charge on any atom is -0.478 e. The fourth-order valence-corrected chi connectivity index (χ4v) is 1.08. The summed E-state index contributed by atoms with van der Waals surface area (Å²) >= 11 is 0. The Bertz CT molecular complexity index is 455. The van der Waals surface area contributed by atoms with Crippen LogP contribution in [0.3, 0.4) is 0 Å². The highest BCUT2D eigenvalue weighted by Gasteiger charge is 2.28. The number of hydrogen-bond acceptors (Lipinski definition) is 7. The van der Waals surface area contributed by atoms with Crippen LogP contribution < -0.4 is 0 Å². The molecule has 0 saturated heterocycles. The van der Waals surface area contributed by atoms with E-state index in [0.717, 1.165) is 0 Å². The molecule has 10 nitrogen and oxygen atoms in total. The molecule has 6 N–H and O–H groups in total. The first kappa shape index (κ1) is 34.9. The van der Waals surface area contributed by atoms with Crippen LogP contribution in [-0.4, -0.2) is 80.6 Å². The van der Waals surface area contributed by atoms with Crippen LogP contribution in [0, 0.1) is 0 Å². The predicted molar refractivity (Wildman–Crippen MR) is 112 cm³/mol. The van der Waals surface area contributed by atoms with Crippen LogP contribution >= 0.6 is 0 Å². The molecule has 0 bridgehead atoms. The summed E-state index contributed by atoms with van der Waals surface area (Å²) in [6.45, 7) is 15.7. The lowest BCUT2D eigenvalue weighted by Gasteiger charge is -2.29. The Kier molecular flexibility index (Phi) is 24.7. The van der Waals surface area contributed by atoms with Crippen molar-refractivity contribution < 1.29 is 49.8 Å². The smallest absolute Gasteiger partial charge is 0.330 e. The number of aliphatic carboxylic acids is 3. The second kappa shape index (κ2) is 21.2. The number of ether oxygens (including phenoxy) is 1. The third-order valence-corrected chi connectivity index (χ3v) is 2.91. The van der Waals surface area contributed by atoms with E-state index < -0.39 is 23.5 Å². The lowest BCUT2D eigenvalue weighted by Crippen LogP contribution is -2.41. The average Bonchev–Trinajstić information content (AvgIpc) is 2.66. The molecule has 0 radical (unpaired) electrons. The van der Waals surface area contributed by atoms with Gasteiger partial charge in [-0.2, -0.15) is 0 Å². The summed E-state index contributed by atoms with van der Waals surface area (Å²) in [5.74, 6) is -2.81. The molecule has 0 aromatic carbocycles. The van der Waals surface area contributed by atoms with Gasteiger partial charge in [-0.05, 0) is 40.5 Å². The van der Waals surface area contributed by atoms with Crippen LogP contribution in [0.25, 0.3) is 0 Å². The van der Waals surface area contributed by atoms with Crippen LogP contribution in [0.4, 0.5) is 0 Å². The molecular weight excluding hydrogens is 400 g/mol. The molecule has 0 aliphatic heterocycles. The van der Waals surface area contributed by atoms with Crippen LogP contribution in [0.15, 0.2) is 36.5 Å². The van der Waals surface area contributed by atoms with Gasteiger partial charge in [0, 0.05) is 29.9 Å². The fraction of sp³-hybridized carbons (Fsp3) is 0.550. The number of carboxylic acids is 3. The summed E-state index contributed by atoms with van der Waals surface area (Å²) in [4.78, 5) is 28.8. The minimum atomic E-state index is -0.935. The van der Waals surface area contributed by atoms with Gasteiger partial charge in [-0.1, -0.05) is 19.7 Å². The van der Waals surface area contributed by atoms with E-state index >= 15 is 0 Å². The van der Waals surface area contributed by atoms with Crippen molar-refractivity contribution in [1.82, 2.24) is 0 Å². The molecule has 0 aliphatic rings. The zero-order valence-corrected chi connectivity index (χ0v) is 18.2. The molecule has 0 atom stereocenters. The van der Waals surface area contributed by atoms with Crippen molar-refractivity contribution in [3.63, 3.8) is 0 Å². The van der Waals surface area contributed by atoms with E-state index in [9.17, 15) is 14.4 Å². The highest BCUT2D eigenvalue weighted by molar-refractivity contribution is 5.85. The van der Waals surface area contributed by atoms with Gasteiger partial charge in [0.15, 0.2) is 0 Å². The molecule has 0 heterocycles. The topological polar surface area (TPSA) is 182 Å². The van der Waals surface area contributed by atoms with Crippen molar-refractivity contribution in [2.45, 2.75) is 46.1 Å². The van der Waals surface area contributed by atoms with E-state index in [1.165, 1.54) is 20.8 Å². The first-order valence-electron chi connectivity index (χ1n) is 8.80. The second-order valence-corrected chi connectivity index (χ2v) is 6.02. The molecule has 0 fully saturated rings. The number of aliphatic hydroxyl groups is 3. The maximum absolute atomic E-state index is 9.60. The average molecular weight is 436 g/mol. The Labute approximate surface area is 177 Å². The van der Waals surface area contributed by atoms with Crippen LogP contribution in [0.1, 0.15) is 40.5 Å². The summed E-state index contributed by atoms with van der Waals surface area (Å²) in [6, 6.07) is 0. The van der Waals surface area contributed by atoms with Gasteiger partial charge in [0.05, 0.1) is 13.2 Å². The Morgan fingerprint density at radius 3 is 1.17 bits per heavy atom. The monoisotopic (exact) mass is 436 g/mol. The molecule has 0 rings (SSSR count). The summed E-state index contributed by atoms with van der Waals surface area (Å²) in [7, 11) is 0. The standard InChI is InChI=1S/C8H18O4.3C4H6O2/c1-2-12-8(6-10,7-11)4-3-5-9;3*1-3(2)4(5)6/h9-11H,2-7H2,1H3;3*1H2,2H3,(H,5,6). The van der Waals surface area contributed by atoms with Gasteiger partial charge in [0.1, 0.15) is 5.60 Å². The molecule has 0 spiro atoms. The quantitative estimate of drug-likeness (QED) is 0.274. The maximum Gasteiger partial charge on any atom is 0.330 e. The molecule has 10 heteroatoms. The Hall–Kier alpha value is -2.53. The van der Waals surface area contributed by atoms with Crippen LogP contribution in [0.2, 0.25) is 0 Å². The minimum absolute atomic E-state index is 0.0504. The highest BCUT2D eigenvalue weighted by atomic mass is 16.5. The molecule has 0 saturated carbocycles. The number of hydrogen-bond donors (Lipinski definition) is 6. The first-order valence-corrected chi connectivity index (χ1v) is 8.80. The van der Waals surface area contributed by atoms with Gasteiger partial charge >= 0.3 is 17.9 Å². The van der Waals surface area contributed by atoms with E-state index in [1.807, 2.05) is 0 Å². The molecule has 0 unspecified atom stereocenters. The van der Waals surface area contributed by atoms with Gasteiger partial charge in [-0.3, -0.25) is 0 Å². The van der Waals surface area contributed by atoms with E-state index in [0.29, 0.717) is 19.4 Å². The van der Waals surface area contributed by atoms with Gasteiger partial charge < -0.3 is 35.4 Å². The molecular formula is C20H36O10. The number of carboxylic acid groups (broad SMARTS) is 3. The summed E-state index contributed by atoms with van der Waals surface area (Å²) in [6.07, 6.45) is 1.01. The predicted octanol–water partition coefficient (Wildman–Crippen LogP) is 1.46. The maximum atomic E-state index is 9.60. The van der Waals surface area contributed by atoms with Gasteiger partial charge in [-0.15, -0.1) is 0 Å². The Morgan fingerprint density at radius 1 is 0.767 bits per heavy atom. The van der Waals surface area contributed by atoms with Crippen molar-refractivity contribution in [3.05, 3.63) is 36.5 Å². The zero-order valence-electron chi connectivity index (χ0n) is 18.2. The highest BCUT2D eigenvalue weighted by Crippen LogP contribution is 2.16. The first-order chi connectivity index (χ1) is 13.7. The second-order valence-electron chi connectivity index (χ2n) is 6.02. The fourth-order valence-electron chi connectivity index (χ4n) is 1.08. The van der Waals surface area contributed by atoms with Crippen molar-refractivity contribution >= 4 is 17.9 Å². The van der Waals surface area contributed by atoms with Crippen molar-refractivity contribution in [2.24, 2.45) is 0 Å². The lowest BCUT2D eigenvalue weighted by atomic mass is 10.00. The van der Waals surface area contributed by atoms with Crippen molar-refractivity contribution in [2.75, 3.05) is 26.4 Å². The van der Waals surface area contributed by atoms with E-state index in [2.05, 4.69) is 19.7 Å².